The number of ketones is 1. The van der Waals surface area contributed by atoms with Crippen molar-refractivity contribution in [2.75, 3.05) is 5.43 Å². The minimum absolute atomic E-state index is 0.124. The highest BCUT2D eigenvalue weighted by Crippen LogP contribution is 2.27. The molecule has 2 N–H and O–H groups in total. The Morgan fingerprint density at radius 2 is 1.73 bits per heavy atom. The summed E-state index contributed by atoms with van der Waals surface area (Å²) in [7, 11) is 0. The van der Waals surface area contributed by atoms with Crippen molar-refractivity contribution < 1.29 is 4.79 Å². The van der Waals surface area contributed by atoms with Gasteiger partial charge in [0, 0.05) is 17.3 Å². The molecule has 0 atom stereocenters. The van der Waals surface area contributed by atoms with Gasteiger partial charge in [-0.1, -0.05) is 53.8 Å². The minimum Gasteiger partial charge on any atom is -0.306 e. The lowest BCUT2D eigenvalue weighted by atomic mass is 9.88. The zero-order valence-corrected chi connectivity index (χ0v) is 15.1. The summed E-state index contributed by atoms with van der Waals surface area (Å²) < 4.78 is 1.13. The van der Waals surface area contributed by atoms with Crippen LogP contribution in [0.3, 0.4) is 0 Å². The standard InChI is InChI=1S/C21H19N3OS/c25-20-16(13-15-7-2-1-3-8-15)9-6-10-17(20)14-22-24-21-23-18-11-4-5-12-19(18)26-21/h1-5,7-8,11-14,22H,6,9-10H2,(H,23,24)/b16-13+,17-14+. The first kappa shape index (κ1) is 16.5. The second kappa shape index (κ2) is 7.54. The molecule has 0 unspecified atom stereocenters. The molecule has 4 rings (SSSR count). The van der Waals surface area contributed by atoms with E-state index in [0.717, 1.165) is 51.3 Å². The number of hydrogen-bond donors (Lipinski definition) is 2. The van der Waals surface area contributed by atoms with E-state index in [0.29, 0.717) is 0 Å². The van der Waals surface area contributed by atoms with E-state index >= 15 is 0 Å². The molecule has 1 heterocycles. The van der Waals surface area contributed by atoms with Gasteiger partial charge in [-0.3, -0.25) is 10.2 Å². The summed E-state index contributed by atoms with van der Waals surface area (Å²) in [6, 6.07) is 18.0. The number of thiazole rings is 1. The Labute approximate surface area is 156 Å². The number of allylic oxidation sites excluding steroid dienone is 2. The maximum absolute atomic E-state index is 12.7. The van der Waals surface area contributed by atoms with E-state index in [-0.39, 0.29) is 5.78 Å². The Morgan fingerprint density at radius 1 is 0.962 bits per heavy atom. The highest BCUT2D eigenvalue weighted by molar-refractivity contribution is 7.22. The van der Waals surface area contributed by atoms with Crippen LogP contribution >= 0.6 is 11.3 Å². The number of Topliss-reactive ketones (excluding diaryl/α,β-unsaturated/α-hetero) is 1. The molecular weight excluding hydrogens is 342 g/mol. The average molecular weight is 361 g/mol. The molecule has 1 aliphatic rings. The van der Waals surface area contributed by atoms with Gasteiger partial charge in [-0.25, -0.2) is 4.98 Å². The fourth-order valence-corrected chi connectivity index (χ4v) is 3.87. The van der Waals surface area contributed by atoms with Crippen LogP contribution in [0.2, 0.25) is 0 Å². The maximum atomic E-state index is 12.7. The number of nitrogens with zero attached hydrogens (tertiary/aromatic N) is 1. The summed E-state index contributed by atoms with van der Waals surface area (Å²) in [6.45, 7) is 0. The third kappa shape index (κ3) is 3.68. The minimum atomic E-state index is 0.124. The van der Waals surface area contributed by atoms with Crippen molar-refractivity contribution >= 4 is 38.5 Å². The molecule has 0 bridgehead atoms. The van der Waals surface area contributed by atoms with Gasteiger partial charge in [0.25, 0.3) is 0 Å². The molecular formula is C21H19N3OS. The molecule has 1 aromatic heterocycles. The molecule has 0 radical (unpaired) electrons. The van der Waals surface area contributed by atoms with Gasteiger partial charge in [-0.2, -0.15) is 0 Å². The van der Waals surface area contributed by atoms with E-state index in [4.69, 9.17) is 0 Å². The first-order valence-corrected chi connectivity index (χ1v) is 9.48. The number of anilines is 1. The van der Waals surface area contributed by atoms with Crippen molar-refractivity contribution in [2.45, 2.75) is 19.3 Å². The number of aromatic nitrogens is 1. The van der Waals surface area contributed by atoms with Crippen LogP contribution in [0.1, 0.15) is 24.8 Å². The van der Waals surface area contributed by atoms with Crippen LogP contribution in [-0.2, 0) is 4.79 Å². The predicted octanol–water partition coefficient (Wildman–Crippen LogP) is 4.93. The molecule has 130 valence electrons. The number of fused-ring (bicyclic) bond motifs is 1. The lowest BCUT2D eigenvalue weighted by Crippen LogP contribution is -2.19. The van der Waals surface area contributed by atoms with Crippen molar-refractivity contribution in [3.8, 4) is 0 Å². The first-order valence-electron chi connectivity index (χ1n) is 8.66. The van der Waals surface area contributed by atoms with E-state index in [1.54, 1.807) is 17.5 Å². The fourth-order valence-electron chi connectivity index (χ4n) is 3.04. The molecule has 26 heavy (non-hydrogen) atoms. The van der Waals surface area contributed by atoms with Crippen LogP contribution in [0.5, 0.6) is 0 Å². The Balaban J connectivity index is 1.44. The highest BCUT2D eigenvalue weighted by Gasteiger charge is 2.20. The Hall–Kier alpha value is -2.92. The van der Waals surface area contributed by atoms with Gasteiger partial charge in [-0.05, 0) is 43.0 Å². The third-order valence-electron chi connectivity index (χ3n) is 4.34. The molecule has 0 saturated heterocycles. The molecule has 5 heteroatoms. The summed E-state index contributed by atoms with van der Waals surface area (Å²) >= 11 is 1.58. The lowest BCUT2D eigenvalue weighted by Gasteiger charge is -2.16. The smallest absolute Gasteiger partial charge is 0.202 e. The highest BCUT2D eigenvalue weighted by atomic mass is 32.1. The van der Waals surface area contributed by atoms with Gasteiger partial charge < -0.3 is 5.43 Å². The number of nitrogens with one attached hydrogen (secondary N) is 2. The van der Waals surface area contributed by atoms with E-state index in [2.05, 4.69) is 15.8 Å². The summed E-state index contributed by atoms with van der Waals surface area (Å²) in [6.07, 6.45) is 6.37. The number of carbonyl (C=O) groups excluding carboxylic acids is 1. The molecule has 1 fully saturated rings. The molecule has 2 aromatic carbocycles. The van der Waals surface area contributed by atoms with Crippen molar-refractivity contribution in [1.82, 2.24) is 10.4 Å². The molecule has 0 amide bonds. The SMILES string of the molecule is O=C1/C(=C/NNc2nc3ccccc3s2)CCC/C1=C\c1ccccc1. The lowest BCUT2D eigenvalue weighted by molar-refractivity contribution is -0.112. The average Bonchev–Trinajstić information content (AvgIpc) is 3.08. The van der Waals surface area contributed by atoms with Gasteiger partial charge in [0.2, 0.25) is 5.13 Å². The molecule has 4 nitrogen and oxygen atoms in total. The second-order valence-electron chi connectivity index (χ2n) is 6.19. The Morgan fingerprint density at radius 3 is 2.58 bits per heavy atom. The van der Waals surface area contributed by atoms with Gasteiger partial charge in [0.15, 0.2) is 5.78 Å². The summed E-state index contributed by atoms with van der Waals surface area (Å²) in [5.74, 6) is 0.124. The molecule has 0 aliphatic heterocycles. The quantitative estimate of drug-likeness (QED) is 0.511. The van der Waals surface area contributed by atoms with Crippen LogP contribution < -0.4 is 10.9 Å². The monoisotopic (exact) mass is 361 g/mol. The predicted molar refractivity (Wildman–Crippen MR) is 108 cm³/mol. The van der Waals surface area contributed by atoms with Crippen molar-refractivity contribution in [3.63, 3.8) is 0 Å². The largest absolute Gasteiger partial charge is 0.306 e. The number of rotatable bonds is 4. The van der Waals surface area contributed by atoms with Gasteiger partial charge in [-0.15, -0.1) is 0 Å². The van der Waals surface area contributed by atoms with Crippen molar-refractivity contribution in [3.05, 3.63) is 77.5 Å². The molecule has 1 saturated carbocycles. The third-order valence-corrected chi connectivity index (χ3v) is 5.29. The number of carbonyl (C=O) groups is 1. The Bertz CT molecular complexity index is 956. The topological polar surface area (TPSA) is 54.0 Å². The van der Waals surface area contributed by atoms with E-state index in [1.807, 2.05) is 60.7 Å². The molecule has 1 aliphatic carbocycles. The summed E-state index contributed by atoms with van der Waals surface area (Å²) in [5.41, 5.74) is 9.82. The first-order chi connectivity index (χ1) is 12.8. The summed E-state index contributed by atoms with van der Waals surface area (Å²) in [4.78, 5) is 17.2. The van der Waals surface area contributed by atoms with E-state index < -0.39 is 0 Å². The van der Waals surface area contributed by atoms with Crippen LogP contribution in [-0.4, -0.2) is 10.8 Å². The van der Waals surface area contributed by atoms with E-state index in [9.17, 15) is 4.79 Å². The van der Waals surface area contributed by atoms with Gasteiger partial charge in [0.1, 0.15) is 0 Å². The number of hydrazine groups is 1. The zero-order valence-electron chi connectivity index (χ0n) is 14.2. The van der Waals surface area contributed by atoms with Crippen molar-refractivity contribution in [1.29, 1.82) is 0 Å². The van der Waals surface area contributed by atoms with E-state index in [1.165, 1.54) is 0 Å². The second-order valence-corrected chi connectivity index (χ2v) is 7.22. The van der Waals surface area contributed by atoms with Crippen LogP contribution in [0.4, 0.5) is 5.13 Å². The normalized spacial score (nSPS) is 17.8. The number of hydrogen-bond acceptors (Lipinski definition) is 5. The van der Waals surface area contributed by atoms with Crippen LogP contribution in [0.25, 0.3) is 16.3 Å². The summed E-state index contributed by atoms with van der Waals surface area (Å²) in [5, 5.41) is 0.784. The fraction of sp³-hybridized carbons (Fsp3) is 0.143. The molecule has 0 spiro atoms. The maximum Gasteiger partial charge on any atom is 0.202 e. The number of para-hydroxylation sites is 1. The number of benzene rings is 2. The van der Waals surface area contributed by atoms with Crippen molar-refractivity contribution in [2.24, 2.45) is 0 Å². The van der Waals surface area contributed by atoms with Crippen LogP contribution in [0, 0.1) is 0 Å². The van der Waals surface area contributed by atoms with Crippen LogP contribution in [0.15, 0.2) is 71.9 Å². The Kier molecular flexibility index (Phi) is 4.80. The molecule has 3 aromatic rings. The van der Waals surface area contributed by atoms with Gasteiger partial charge >= 0.3 is 0 Å². The van der Waals surface area contributed by atoms with Gasteiger partial charge in [0.05, 0.1) is 10.2 Å². The zero-order chi connectivity index (χ0) is 17.8.